The van der Waals surface area contributed by atoms with Crippen molar-refractivity contribution < 1.29 is 0 Å². The molecule has 0 saturated heterocycles. The zero-order chi connectivity index (χ0) is 13.0. The van der Waals surface area contributed by atoms with Gasteiger partial charge < -0.3 is 5.32 Å². The molecule has 1 unspecified atom stereocenters. The van der Waals surface area contributed by atoms with Crippen molar-refractivity contribution in [1.29, 1.82) is 0 Å². The summed E-state index contributed by atoms with van der Waals surface area (Å²) in [7, 11) is 0. The lowest BCUT2D eigenvalue weighted by atomic mass is 10.1. The number of aryl methyl sites for hydroxylation is 1. The third-order valence-corrected chi connectivity index (χ3v) is 4.96. The van der Waals surface area contributed by atoms with Gasteiger partial charge in [0, 0.05) is 14.2 Å². The first kappa shape index (κ1) is 13.8. The minimum atomic E-state index is 0.288. The van der Waals surface area contributed by atoms with Crippen molar-refractivity contribution in [3.63, 3.8) is 0 Å². The molecule has 3 heteroatoms. The maximum absolute atomic E-state index is 3.65. The molecular weight excluding hydrogens is 306 g/mol. The number of hydrogen-bond donors (Lipinski definition) is 1. The number of hydrogen-bond acceptors (Lipinski definition) is 2. The predicted octanol–water partition coefficient (Wildman–Crippen LogP) is 4.77. The molecule has 1 aromatic carbocycles. The third kappa shape index (κ3) is 3.02. The van der Waals surface area contributed by atoms with Gasteiger partial charge in [-0.1, -0.05) is 48.0 Å². The van der Waals surface area contributed by atoms with Crippen molar-refractivity contribution in [1.82, 2.24) is 5.32 Å². The van der Waals surface area contributed by atoms with Crippen molar-refractivity contribution in [3.05, 3.63) is 56.2 Å². The van der Waals surface area contributed by atoms with Crippen LogP contribution in [0.15, 0.2) is 40.9 Å². The number of benzene rings is 1. The molecule has 0 radical (unpaired) electrons. The summed E-state index contributed by atoms with van der Waals surface area (Å²) >= 11 is 5.55. The Labute approximate surface area is 121 Å². The monoisotopic (exact) mass is 323 g/mol. The van der Waals surface area contributed by atoms with Gasteiger partial charge in [0.15, 0.2) is 0 Å². The SMILES string of the molecule is CCNC(c1ccc(CC)s1)c1ccccc1Br. The molecule has 2 aromatic rings. The molecule has 0 saturated carbocycles. The Hall–Kier alpha value is -0.640. The quantitative estimate of drug-likeness (QED) is 0.835. The second-order valence-electron chi connectivity index (χ2n) is 4.17. The van der Waals surface area contributed by atoms with Crippen LogP contribution >= 0.6 is 27.3 Å². The second kappa shape index (κ2) is 6.50. The second-order valence-corrected chi connectivity index (χ2v) is 6.22. The molecule has 1 N–H and O–H groups in total. The Morgan fingerprint density at radius 2 is 1.94 bits per heavy atom. The number of rotatable bonds is 5. The van der Waals surface area contributed by atoms with Gasteiger partial charge in [-0.2, -0.15) is 0 Å². The number of thiophene rings is 1. The predicted molar refractivity (Wildman–Crippen MR) is 83.4 cm³/mol. The summed E-state index contributed by atoms with van der Waals surface area (Å²) in [5.74, 6) is 0. The van der Waals surface area contributed by atoms with Gasteiger partial charge in [-0.25, -0.2) is 0 Å². The van der Waals surface area contributed by atoms with Gasteiger partial charge in [-0.15, -0.1) is 11.3 Å². The lowest BCUT2D eigenvalue weighted by Crippen LogP contribution is -2.21. The van der Waals surface area contributed by atoms with E-state index >= 15 is 0 Å². The fourth-order valence-corrected chi connectivity index (χ4v) is 3.58. The zero-order valence-electron chi connectivity index (χ0n) is 10.7. The molecular formula is C15H18BrNS. The third-order valence-electron chi connectivity index (χ3n) is 2.94. The normalized spacial score (nSPS) is 12.6. The van der Waals surface area contributed by atoms with Crippen molar-refractivity contribution in [2.75, 3.05) is 6.54 Å². The Morgan fingerprint density at radius 3 is 2.56 bits per heavy atom. The Kier molecular flexibility index (Phi) is 4.98. The van der Waals surface area contributed by atoms with E-state index in [1.54, 1.807) is 0 Å². The average molecular weight is 324 g/mol. The Morgan fingerprint density at radius 1 is 1.17 bits per heavy atom. The fraction of sp³-hybridized carbons (Fsp3) is 0.333. The van der Waals surface area contributed by atoms with Crippen molar-refractivity contribution in [2.24, 2.45) is 0 Å². The van der Waals surface area contributed by atoms with Crippen LogP contribution in [0.2, 0.25) is 0 Å². The summed E-state index contributed by atoms with van der Waals surface area (Å²) in [4.78, 5) is 2.83. The van der Waals surface area contributed by atoms with Crippen molar-refractivity contribution in [3.8, 4) is 0 Å². The van der Waals surface area contributed by atoms with Crippen LogP contribution in [-0.2, 0) is 6.42 Å². The molecule has 0 aliphatic rings. The van der Waals surface area contributed by atoms with Crippen LogP contribution in [0.5, 0.6) is 0 Å². The highest BCUT2D eigenvalue weighted by atomic mass is 79.9. The van der Waals surface area contributed by atoms with E-state index in [0.717, 1.165) is 13.0 Å². The molecule has 18 heavy (non-hydrogen) atoms. The van der Waals surface area contributed by atoms with Gasteiger partial charge in [-0.3, -0.25) is 0 Å². The molecule has 96 valence electrons. The molecule has 1 atom stereocenters. The van der Waals surface area contributed by atoms with Crippen LogP contribution in [0.3, 0.4) is 0 Å². The molecule has 1 nitrogen and oxygen atoms in total. The molecule has 2 rings (SSSR count). The zero-order valence-corrected chi connectivity index (χ0v) is 13.1. The lowest BCUT2D eigenvalue weighted by molar-refractivity contribution is 0.637. The minimum Gasteiger partial charge on any atom is -0.306 e. The van der Waals surface area contributed by atoms with E-state index in [9.17, 15) is 0 Å². The highest BCUT2D eigenvalue weighted by molar-refractivity contribution is 9.10. The minimum absolute atomic E-state index is 0.288. The van der Waals surface area contributed by atoms with Gasteiger partial charge >= 0.3 is 0 Å². The van der Waals surface area contributed by atoms with Crippen LogP contribution in [0.1, 0.15) is 35.2 Å². The average Bonchev–Trinajstić information content (AvgIpc) is 2.85. The van der Waals surface area contributed by atoms with Crippen molar-refractivity contribution in [2.45, 2.75) is 26.3 Å². The van der Waals surface area contributed by atoms with E-state index in [1.807, 2.05) is 11.3 Å². The fourth-order valence-electron chi connectivity index (χ4n) is 2.02. The summed E-state index contributed by atoms with van der Waals surface area (Å²) in [6.07, 6.45) is 1.11. The van der Waals surface area contributed by atoms with Gasteiger partial charge in [0.25, 0.3) is 0 Å². The molecule has 0 aliphatic heterocycles. The molecule has 0 fully saturated rings. The van der Waals surface area contributed by atoms with Crippen LogP contribution in [0, 0.1) is 0 Å². The van der Waals surface area contributed by atoms with Gasteiger partial charge in [0.2, 0.25) is 0 Å². The maximum Gasteiger partial charge on any atom is 0.0682 e. The Bertz CT molecular complexity index is 507. The largest absolute Gasteiger partial charge is 0.306 e. The van der Waals surface area contributed by atoms with Gasteiger partial charge in [-0.05, 0) is 36.7 Å². The number of nitrogens with one attached hydrogen (secondary N) is 1. The van der Waals surface area contributed by atoms with Crippen molar-refractivity contribution >= 4 is 27.3 Å². The van der Waals surface area contributed by atoms with Crippen LogP contribution in [0.4, 0.5) is 0 Å². The first-order valence-corrected chi connectivity index (χ1v) is 7.93. The van der Waals surface area contributed by atoms with E-state index in [0.29, 0.717) is 0 Å². The van der Waals surface area contributed by atoms with Crippen LogP contribution < -0.4 is 5.32 Å². The molecule has 0 bridgehead atoms. The van der Waals surface area contributed by atoms with E-state index in [2.05, 4.69) is 71.5 Å². The standard InChI is InChI=1S/C15H18BrNS/c1-3-11-9-10-14(18-11)15(17-4-2)12-7-5-6-8-13(12)16/h5-10,15,17H,3-4H2,1-2H3. The molecule has 0 amide bonds. The van der Waals surface area contributed by atoms with E-state index < -0.39 is 0 Å². The summed E-state index contributed by atoms with van der Waals surface area (Å²) in [6.45, 7) is 5.32. The summed E-state index contributed by atoms with van der Waals surface area (Å²) in [6, 6.07) is 13.2. The molecule has 0 spiro atoms. The molecule has 1 heterocycles. The summed E-state index contributed by atoms with van der Waals surface area (Å²) < 4.78 is 1.17. The van der Waals surface area contributed by atoms with E-state index in [4.69, 9.17) is 0 Å². The van der Waals surface area contributed by atoms with Gasteiger partial charge in [0.1, 0.15) is 0 Å². The number of halogens is 1. The maximum atomic E-state index is 3.65. The first-order chi connectivity index (χ1) is 8.76. The molecule has 1 aromatic heterocycles. The topological polar surface area (TPSA) is 12.0 Å². The van der Waals surface area contributed by atoms with Crippen LogP contribution in [0.25, 0.3) is 0 Å². The lowest BCUT2D eigenvalue weighted by Gasteiger charge is -2.18. The smallest absolute Gasteiger partial charge is 0.0682 e. The van der Waals surface area contributed by atoms with Gasteiger partial charge in [0.05, 0.1) is 6.04 Å². The summed E-state index contributed by atoms with van der Waals surface area (Å²) in [5, 5.41) is 3.57. The van der Waals surface area contributed by atoms with E-state index in [-0.39, 0.29) is 6.04 Å². The highest BCUT2D eigenvalue weighted by Gasteiger charge is 2.17. The Balaban J connectivity index is 2.36. The molecule has 0 aliphatic carbocycles. The summed E-state index contributed by atoms with van der Waals surface area (Å²) in [5.41, 5.74) is 1.31. The first-order valence-electron chi connectivity index (χ1n) is 6.32. The highest BCUT2D eigenvalue weighted by Crippen LogP contribution is 2.32. The van der Waals surface area contributed by atoms with Crippen LogP contribution in [-0.4, -0.2) is 6.54 Å². The van der Waals surface area contributed by atoms with E-state index in [1.165, 1.54) is 19.8 Å².